The van der Waals surface area contributed by atoms with E-state index in [2.05, 4.69) is 30.2 Å². The van der Waals surface area contributed by atoms with E-state index in [9.17, 15) is 4.79 Å². The molecule has 0 aliphatic rings. The zero-order valence-corrected chi connectivity index (χ0v) is 12.3. The molecule has 3 nitrogen and oxygen atoms in total. The molecule has 0 fully saturated rings. The van der Waals surface area contributed by atoms with Crippen LogP contribution in [-0.2, 0) is 11.3 Å². The third-order valence-corrected chi connectivity index (χ3v) is 4.06. The number of methoxy groups -OCH3 is 1. The highest BCUT2D eigenvalue weighted by molar-refractivity contribution is 7.99. The second-order valence-electron chi connectivity index (χ2n) is 4.76. The van der Waals surface area contributed by atoms with Gasteiger partial charge >= 0.3 is 5.97 Å². The fraction of sp³-hybridized carbons (Fsp3) is 0.500. The van der Waals surface area contributed by atoms with Crippen molar-refractivity contribution in [2.75, 3.05) is 19.9 Å². The molecular weight excluding hydrogens is 246 g/mol. The van der Waals surface area contributed by atoms with E-state index in [-0.39, 0.29) is 10.7 Å². The third-order valence-electron chi connectivity index (χ3n) is 2.81. The molecule has 0 saturated carbocycles. The van der Waals surface area contributed by atoms with Gasteiger partial charge in [-0.25, -0.2) is 4.79 Å². The van der Waals surface area contributed by atoms with Gasteiger partial charge in [0.2, 0.25) is 0 Å². The van der Waals surface area contributed by atoms with E-state index in [0.717, 1.165) is 13.1 Å². The Labute approximate surface area is 113 Å². The smallest absolute Gasteiger partial charge is 0.337 e. The summed E-state index contributed by atoms with van der Waals surface area (Å²) in [5.41, 5.74) is 1.75. The Kier molecular flexibility index (Phi) is 5.69. The van der Waals surface area contributed by atoms with Gasteiger partial charge in [0.05, 0.1) is 12.7 Å². The summed E-state index contributed by atoms with van der Waals surface area (Å²) in [6, 6.07) is 7.49. The normalized spacial score (nSPS) is 11.3. The van der Waals surface area contributed by atoms with Crippen LogP contribution in [0.5, 0.6) is 0 Å². The number of hydrogen-bond acceptors (Lipinski definition) is 4. The molecule has 0 aromatic heterocycles. The molecule has 100 valence electrons. The molecule has 0 bridgehead atoms. The van der Waals surface area contributed by atoms with Crippen LogP contribution < -0.4 is 5.32 Å². The van der Waals surface area contributed by atoms with Crippen molar-refractivity contribution >= 4 is 17.7 Å². The minimum absolute atomic E-state index is 0.242. The fourth-order valence-corrected chi connectivity index (χ4v) is 1.70. The van der Waals surface area contributed by atoms with Gasteiger partial charge in [-0.05, 0) is 37.8 Å². The van der Waals surface area contributed by atoms with Crippen LogP contribution in [0.4, 0.5) is 0 Å². The molecule has 0 amide bonds. The second-order valence-corrected chi connectivity index (χ2v) is 6.27. The van der Waals surface area contributed by atoms with Gasteiger partial charge in [-0.2, -0.15) is 11.8 Å². The first-order chi connectivity index (χ1) is 8.48. The molecule has 0 spiro atoms. The van der Waals surface area contributed by atoms with E-state index < -0.39 is 0 Å². The average molecular weight is 267 g/mol. The van der Waals surface area contributed by atoms with Crippen molar-refractivity contribution < 1.29 is 9.53 Å². The van der Waals surface area contributed by atoms with E-state index in [1.54, 1.807) is 12.1 Å². The largest absolute Gasteiger partial charge is 0.465 e. The van der Waals surface area contributed by atoms with E-state index in [0.29, 0.717) is 5.56 Å². The molecule has 0 saturated heterocycles. The highest BCUT2D eigenvalue weighted by atomic mass is 32.2. The van der Waals surface area contributed by atoms with E-state index in [1.165, 1.54) is 12.7 Å². The van der Waals surface area contributed by atoms with Crippen molar-refractivity contribution in [3.63, 3.8) is 0 Å². The standard InChI is InChI=1S/C14H21NO2S/c1-14(2,18-4)10-15-9-11-5-7-12(8-6-11)13(16)17-3/h5-8,15H,9-10H2,1-4H3. The van der Waals surface area contributed by atoms with Crippen molar-refractivity contribution in [3.8, 4) is 0 Å². The van der Waals surface area contributed by atoms with Crippen LogP contribution in [0.25, 0.3) is 0 Å². The maximum Gasteiger partial charge on any atom is 0.337 e. The summed E-state index contributed by atoms with van der Waals surface area (Å²) in [6.07, 6.45) is 2.12. The van der Waals surface area contributed by atoms with E-state index in [1.807, 2.05) is 23.9 Å². The number of ether oxygens (including phenoxy) is 1. The number of benzene rings is 1. The highest BCUT2D eigenvalue weighted by Gasteiger charge is 2.14. The van der Waals surface area contributed by atoms with Crippen molar-refractivity contribution in [2.24, 2.45) is 0 Å². The first-order valence-corrected chi connectivity index (χ1v) is 7.14. The van der Waals surface area contributed by atoms with Gasteiger partial charge in [-0.15, -0.1) is 0 Å². The number of nitrogens with one attached hydrogen (secondary N) is 1. The summed E-state index contributed by atoms with van der Waals surface area (Å²) in [5, 5.41) is 3.42. The molecule has 1 rings (SSSR count). The number of carbonyl (C=O) groups excluding carboxylic acids is 1. The van der Waals surface area contributed by atoms with Crippen LogP contribution in [0.15, 0.2) is 24.3 Å². The Morgan fingerprint density at radius 3 is 2.44 bits per heavy atom. The van der Waals surface area contributed by atoms with Gasteiger partial charge in [-0.3, -0.25) is 0 Å². The van der Waals surface area contributed by atoms with E-state index >= 15 is 0 Å². The number of carbonyl (C=O) groups is 1. The summed E-state index contributed by atoms with van der Waals surface area (Å²) in [5.74, 6) is -0.293. The molecule has 1 N–H and O–H groups in total. The summed E-state index contributed by atoms with van der Waals surface area (Å²) >= 11 is 1.85. The van der Waals surface area contributed by atoms with Crippen molar-refractivity contribution in [2.45, 2.75) is 25.1 Å². The summed E-state index contributed by atoms with van der Waals surface area (Å²) in [4.78, 5) is 11.3. The molecular formula is C14H21NO2S. The Bertz CT molecular complexity index is 387. The first-order valence-electron chi connectivity index (χ1n) is 5.91. The topological polar surface area (TPSA) is 38.3 Å². The quantitative estimate of drug-likeness (QED) is 0.804. The molecule has 1 aromatic carbocycles. The van der Waals surface area contributed by atoms with Gasteiger partial charge in [0.1, 0.15) is 0 Å². The predicted molar refractivity (Wildman–Crippen MR) is 77.1 cm³/mol. The van der Waals surface area contributed by atoms with Gasteiger partial charge in [0.15, 0.2) is 0 Å². The Morgan fingerprint density at radius 2 is 1.94 bits per heavy atom. The van der Waals surface area contributed by atoms with Crippen molar-refractivity contribution in [3.05, 3.63) is 35.4 Å². The molecule has 0 radical (unpaired) electrons. The minimum Gasteiger partial charge on any atom is -0.465 e. The van der Waals surface area contributed by atoms with Gasteiger partial charge in [0, 0.05) is 17.8 Å². The zero-order chi connectivity index (χ0) is 13.6. The van der Waals surface area contributed by atoms with E-state index in [4.69, 9.17) is 0 Å². The highest BCUT2D eigenvalue weighted by Crippen LogP contribution is 2.19. The number of esters is 1. The number of rotatable bonds is 6. The molecule has 0 unspecified atom stereocenters. The first kappa shape index (κ1) is 15.1. The molecule has 0 atom stereocenters. The van der Waals surface area contributed by atoms with Gasteiger partial charge < -0.3 is 10.1 Å². The van der Waals surface area contributed by atoms with Crippen LogP contribution in [0.1, 0.15) is 29.8 Å². The Balaban J connectivity index is 2.47. The molecule has 0 aliphatic heterocycles. The lowest BCUT2D eigenvalue weighted by Gasteiger charge is -2.22. The van der Waals surface area contributed by atoms with Crippen molar-refractivity contribution in [1.29, 1.82) is 0 Å². The maximum absolute atomic E-state index is 11.3. The Hall–Kier alpha value is -1.00. The van der Waals surface area contributed by atoms with Crippen LogP contribution in [-0.4, -0.2) is 30.6 Å². The lowest BCUT2D eigenvalue weighted by atomic mass is 10.1. The molecule has 0 heterocycles. The number of thioether (sulfide) groups is 1. The average Bonchev–Trinajstić information content (AvgIpc) is 2.38. The zero-order valence-electron chi connectivity index (χ0n) is 11.4. The SMILES string of the molecule is COC(=O)c1ccc(CNCC(C)(C)SC)cc1. The molecule has 1 aromatic rings. The third kappa shape index (κ3) is 4.70. The molecule has 0 aliphatic carbocycles. The summed E-state index contributed by atoms with van der Waals surface area (Å²) < 4.78 is 4.90. The van der Waals surface area contributed by atoms with Crippen LogP contribution in [0, 0.1) is 0 Å². The van der Waals surface area contributed by atoms with Crippen LogP contribution >= 0.6 is 11.8 Å². The predicted octanol–water partition coefficient (Wildman–Crippen LogP) is 2.70. The van der Waals surface area contributed by atoms with Gasteiger partial charge in [-0.1, -0.05) is 12.1 Å². The second kappa shape index (κ2) is 6.81. The van der Waals surface area contributed by atoms with Crippen LogP contribution in [0.3, 0.4) is 0 Å². The fourth-order valence-electron chi connectivity index (χ4n) is 1.46. The lowest BCUT2D eigenvalue weighted by Crippen LogP contribution is -2.31. The number of hydrogen-bond donors (Lipinski definition) is 1. The van der Waals surface area contributed by atoms with Gasteiger partial charge in [0.25, 0.3) is 0 Å². The molecule has 4 heteroatoms. The summed E-state index contributed by atoms with van der Waals surface area (Å²) in [7, 11) is 1.39. The molecule has 18 heavy (non-hydrogen) atoms. The minimum atomic E-state index is -0.293. The summed E-state index contributed by atoms with van der Waals surface area (Å²) in [6.45, 7) is 6.19. The maximum atomic E-state index is 11.3. The van der Waals surface area contributed by atoms with Crippen LogP contribution in [0.2, 0.25) is 0 Å². The van der Waals surface area contributed by atoms with Crippen molar-refractivity contribution in [1.82, 2.24) is 5.32 Å². The Morgan fingerprint density at radius 1 is 1.33 bits per heavy atom. The monoisotopic (exact) mass is 267 g/mol. The lowest BCUT2D eigenvalue weighted by molar-refractivity contribution is 0.0600.